The Balaban J connectivity index is 1.42. The smallest absolute Gasteiger partial charge is 0.119 e. The maximum Gasteiger partial charge on any atom is 0.119 e. The Morgan fingerprint density at radius 2 is 1.95 bits per heavy atom. The summed E-state index contributed by atoms with van der Waals surface area (Å²) in [6.07, 6.45) is 3.65. The summed E-state index contributed by atoms with van der Waals surface area (Å²) in [5.74, 6) is 0.963. The Labute approximate surface area is 118 Å². The van der Waals surface area contributed by atoms with Gasteiger partial charge in [0.25, 0.3) is 0 Å². The van der Waals surface area contributed by atoms with Gasteiger partial charge < -0.3 is 10.1 Å². The van der Waals surface area contributed by atoms with Gasteiger partial charge in [-0.2, -0.15) is 11.3 Å². The van der Waals surface area contributed by atoms with E-state index in [1.54, 1.807) is 11.3 Å². The number of hydrogen-bond donors (Lipinski definition) is 1. The van der Waals surface area contributed by atoms with Gasteiger partial charge in [-0.15, -0.1) is 0 Å². The van der Waals surface area contributed by atoms with E-state index < -0.39 is 0 Å². The summed E-state index contributed by atoms with van der Waals surface area (Å²) in [5.41, 5.74) is 2.69. The zero-order valence-corrected chi connectivity index (χ0v) is 11.8. The van der Waals surface area contributed by atoms with E-state index in [1.165, 1.54) is 24.0 Å². The predicted molar refractivity (Wildman–Crippen MR) is 79.8 cm³/mol. The van der Waals surface area contributed by atoms with E-state index in [1.807, 2.05) is 0 Å². The minimum absolute atomic E-state index is 0.746. The number of hydrogen-bond acceptors (Lipinski definition) is 3. The van der Waals surface area contributed by atoms with Crippen molar-refractivity contribution in [3.63, 3.8) is 0 Å². The molecule has 2 nitrogen and oxygen atoms in total. The monoisotopic (exact) mass is 273 g/mol. The maximum atomic E-state index is 5.76. The van der Waals surface area contributed by atoms with Gasteiger partial charge >= 0.3 is 0 Å². The summed E-state index contributed by atoms with van der Waals surface area (Å²) in [4.78, 5) is 0. The van der Waals surface area contributed by atoms with Gasteiger partial charge in [-0.1, -0.05) is 12.1 Å². The lowest BCUT2D eigenvalue weighted by molar-refractivity contribution is 0.322. The van der Waals surface area contributed by atoms with Crippen LogP contribution in [0.5, 0.6) is 5.75 Å². The van der Waals surface area contributed by atoms with Crippen LogP contribution in [0.25, 0.3) is 0 Å². The molecule has 100 valence electrons. The van der Waals surface area contributed by atoms with Crippen LogP contribution in [0.1, 0.15) is 24.0 Å². The average Bonchev–Trinajstić information content (AvgIpc) is 3.13. The van der Waals surface area contributed by atoms with Crippen LogP contribution >= 0.6 is 11.3 Å². The summed E-state index contributed by atoms with van der Waals surface area (Å²) in [5, 5.41) is 7.80. The van der Waals surface area contributed by atoms with Crippen LogP contribution in [0.3, 0.4) is 0 Å². The fraction of sp³-hybridized carbons (Fsp3) is 0.375. The zero-order chi connectivity index (χ0) is 12.9. The van der Waals surface area contributed by atoms with Crippen molar-refractivity contribution in [2.45, 2.75) is 31.8 Å². The first-order valence-corrected chi connectivity index (χ1v) is 7.80. The maximum absolute atomic E-state index is 5.76. The van der Waals surface area contributed by atoms with E-state index in [0.717, 1.165) is 31.4 Å². The molecule has 1 aromatic heterocycles. The van der Waals surface area contributed by atoms with Crippen molar-refractivity contribution < 1.29 is 4.74 Å². The fourth-order valence-electron chi connectivity index (χ4n) is 1.97. The molecule has 1 saturated carbocycles. The third-order valence-electron chi connectivity index (χ3n) is 3.34. The number of ether oxygens (including phenoxy) is 1. The van der Waals surface area contributed by atoms with Gasteiger partial charge in [0.2, 0.25) is 0 Å². The normalized spacial score (nSPS) is 14.5. The number of thiophene rings is 1. The molecule has 1 aliphatic rings. The molecule has 0 spiro atoms. The Kier molecular flexibility index (Phi) is 4.16. The number of nitrogens with one attached hydrogen (secondary N) is 1. The van der Waals surface area contributed by atoms with Crippen molar-refractivity contribution >= 4 is 11.3 Å². The average molecular weight is 273 g/mol. The summed E-state index contributed by atoms with van der Waals surface area (Å²) in [7, 11) is 0. The summed E-state index contributed by atoms with van der Waals surface area (Å²) in [6.45, 7) is 1.72. The second-order valence-corrected chi connectivity index (χ2v) is 5.81. The lowest BCUT2D eigenvalue weighted by atomic mass is 10.2. The second-order valence-electron chi connectivity index (χ2n) is 5.03. The molecule has 0 atom stereocenters. The molecule has 0 unspecified atom stereocenters. The standard InChI is InChI=1S/C16H19NOS/c1-5-16(18-9-7-14-8-10-19-12-14)6-2-13(1)11-17-15-3-4-15/h1-2,5-6,8,10,12,15,17H,3-4,7,9,11H2. The molecule has 0 aliphatic heterocycles. The Morgan fingerprint density at radius 1 is 1.11 bits per heavy atom. The Bertz CT molecular complexity index is 488. The van der Waals surface area contributed by atoms with Crippen LogP contribution in [0.2, 0.25) is 0 Å². The minimum Gasteiger partial charge on any atom is -0.493 e. The lowest BCUT2D eigenvalue weighted by Gasteiger charge is -2.07. The van der Waals surface area contributed by atoms with E-state index in [2.05, 4.69) is 46.4 Å². The molecule has 1 aromatic carbocycles. The van der Waals surface area contributed by atoms with Crippen LogP contribution in [-0.4, -0.2) is 12.6 Å². The first-order chi connectivity index (χ1) is 9.40. The van der Waals surface area contributed by atoms with Crippen molar-refractivity contribution in [3.05, 3.63) is 52.2 Å². The van der Waals surface area contributed by atoms with Crippen molar-refractivity contribution in [2.24, 2.45) is 0 Å². The first kappa shape index (κ1) is 12.7. The molecule has 19 heavy (non-hydrogen) atoms. The molecule has 0 radical (unpaired) electrons. The van der Waals surface area contributed by atoms with Gasteiger partial charge in [0.15, 0.2) is 0 Å². The molecule has 1 fully saturated rings. The van der Waals surface area contributed by atoms with Crippen LogP contribution in [0.4, 0.5) is 0 Å². The molecule has 3 rings (SSSR count). The highest BCUT2D eigenvalue weighted by atomic mass is 32.1. The number of rotatable bonds is 7. The SMILES string of the molecule is c1cc(CCOc2ccc(CNC3CC3)cc2)cs1. The highest BCUT2D eigenvalue weighted by Crippen LogP contribution is 2.20. The molecular formula is C16H19NOS. The fourth-order valence-corrected chi connectivity index (χ4v) is 2.68. The van der Waals surface area contributed by atoms with Crippen LogP contribution in [-0.2, 0) is 13.0 Å². The quantitative estimate of drug-likeness (QED) is 0.832. The molecule has 2 aromatic rings. The van der Waals surface area contributed by atoms with Gasteiger partial charge in [0.05, 0.1) is 6.61 Å². The van der Waals surface area contributed by atoms with Gasteiger partial charge in [-0.3, -0.25) is 0 Å². The highest BCUT2D eigenvalue weighted by molar-refractivity contribution is 7.07. The molecular weight excluding hydrogens is 254 g/mol. The van der Waals surface area contributed by atoms with E-state index in [4.69, 9.17) is 4.74 Å². The van der Waals surface area contributed by atoms with Crippen molar-refractivity contribution in [1.29, 1.82) is 0 Å². The van der Waals surface area contributed by atoms with Gasteiger partial charge in [0.1, 0.15) is 5.75 Å². The third-order valence-corrected chi connectivity index (χ3v) is 4.07. The molecule has 0 amide bonds. The van der Waals surface area contributed by atoms with Crippen LogP contribution in [0.15, 0.2) is 41.1 Å². The van der Waals surface area contributed by atoms with Crippen LogP contribution < -0.4 is 10.1 Å². The summed E-state index contributed by atoms with van der Waals surface area (Å²) >= 11 is 1.74. The first-order valence-electron chi connectivity index (χ1n) is 6.86. The van der Waals surface area contributed by atoms with Crippen molar-refractivity contribution in [3.8, 4) is 5.75 Å². The third kappa shape index (κ3) is 4.08. The van der Waals surface area contributed by atoms with Crippen molar-refractivity contribution in [1.82, 2.24) is 5.32 Å². The van der Waals surface area contributed by atoms with Gasteiger partial charge in [0, 0.05) is 19.0 Å². The van der Waals surface area contributed by atoms with Gasteiger partial charge in [-0.05, 0) is 52.9 Å². The summed E-state index contributed by atoms with van der Waals surface area (Å²) < 4.78 is 5.76. The molecule has 1 N–H and O–H groups in total. The predicted octanol–water partition coefficient (Wildman–Crippen LogP) is 3.62. The Morgan fingerprint density at radius 3 is 2.63 bits per heavy atom. The van der Waals surface area contributed by atoms with Gasteiger partial charge in [-0.25, -0.2) is 0 Å². The molecule has 3 heteroatoms. The Hall–Kier alpha value is -1.32. The lowest BCUT2D eigenvalue weighted by Crippen LogP contribution is -2.15. The van der Waals surface area contributed by atoms with E-state index in [9.17, 15) is 0 Å². The molecule has 0 bridgehead atoms. The topological polar surface area (TPSA) is 21.3 Å². The molecule has 0 saturated heterocycles. The summed E-state index contributed by atoms with van der Waals surface area (Å²) in [6, 6.07) is 11.3. The minimum atomic E-state index is 0.746. The second kappa shape index (κ2) is 6.22. The van der Waals surface area contributed by atoms with E-state index in [0.29, 0.717) is 0 Å². The molecule has 1 heterocycles. The van der Waals surface area contributed by atoms with Crippen molar-refractivity contribution in [2.75, 3.05) is 6.61 Å². The zero-order valence-electron chi connectivity index (χ0n) is 11.0. The largest absolute Gasteiger partial charge is 0.493 e. The van der Waals surface area contributed by atoms with Crippen LogP contribution in [0, 0.1) is 0 Å². The highest BCUT2D eigenvalue weighted by Gasteiger charge is 2.19. The number of benzene rings is 1. The van der Waals surface area contributed by atoms with E-state index >= 15 is 0 Å². The molecule has 1 aliphatic carbocycles. The van der Waals surface area contributed by atoms with E-state index in [-0.39, 0.29) is 0 Å².